The maximum absolute atomic E-state index is 12.8. The highest BCUT2D eigenvalue weighted by Gasteiger charge is 2.17. The molecule has 1 aliphatic carbocycles. The smallest absolute Gasteiger partial charge is 0.163 e. The van der Waals surface area contributed by atoms with E-state index in [1.807, 2.05) is 6.07 Å². The summed E-state index contributed by atoms with van der Waals surface area (Å²) >= 11 is 0. The zero-order chi connectivity index (χ0) is 16.9. The number of carbonyl (C=O) groups is 1. The Labute approximate surface area is 139 Å². The van der Waals surface area contributed by atoms with Gasteiger partial charge in [-0.3, -0.25) is 4.79 Å². The zero-order valence-corrected chi connectivity index (χ0v) is 13.2. The van der Waals surface area contributed by atoms with Gasteiger partial charge < -0.3 is 14.6 Å². The molecule has 2 aromatic rings. The Balaban J connectivity index is 1.50. The van der Waals surface area contributed by atoms with Crippen molar-refractivity contribution in [1.29, 1.82) is 0 Å². The lowest BCUT2D eigenvalue weighted by Crippen LogP contribution is -2.25. The summed E-state index contributed by atoms with van der Waals surface area (Å²) in [6.45, 7) is 0.128. The summed E-state index contributed by atoms with van der Waals surface area (Å²) in [5.74, 6) is 0.958. The van der Waals surface area contributed by atoms with Gasteiger partial charge >= 0.3 is 0 Å². The van der Waals surface area contributed by atoms with E-state index in [4.69, 9.17) is 9.47 Å². The van der Waals surface area contributed by atoms with Gasteiger partial charge in [-0.25, -0.2) is 4.39 Å². The lowest BCUT2D eigenvalue weighted by Gasteiger charge is -2.17. The predicted octanol–water partition coefficient (Wildman–Crippen LogP) is 3.16. The van der Waals surface area contributed by atoms with Crippen LogP contribution < -0.4 is 9.47 Å². The van der Waals surface area contributed by atoms with Crippen molar-refractivity contribution in [3.05, 3.63) is 59.4 Å². The first-order chi connectivity index (χ1) is 11.6. The molecule has 0 amide bonds. The van der Waals surface area contributed by atoms with Crippen LogP contribution in [0.25, 0.3) is 0 Å². The predicted molar refractivity (Wildman–Crippen MR) is 87.1 cm³/mol. The van der Waals surface area contributed by atoms with Crippen LogP contribution in [-0.4, -0.2) is 30.2 Å². The molecule has 2 aromatic carbocycles. The second kappa shape index (κ2) is 7.45. The van der Waals surface area contributed by atoms with Gasteiger partial charge in [0.1, 0.15) is 36.6 Å². The molecule has 0 aliphatic heterocycles. The van der Waals surface area contributed by atoms with Crippen LogP contribution in [0.2, 0.25) is 0 Å². The van der Waals surface area contributed by atoms with Crippen molar-refractivity contribution in [3.8, 4) is 11.5 Å². The van der Waals surface area contributed by atoms with E-state index in [0.29, 0.717) is 17.9 Å². The fourth-order valence-corrected chi connectivity index (χ4v) is 2.68. The molecule has 0 spiro atoms. The van der Waals surface area contributed by atoms with E-state index in [2.05, 4.69) is 0 Å². The summed E-state index contributed by atoms with van der Waals surface area (Å²) in [6, 6.07) is 11.0. The van der Waals surface area contributed by atoms with Gasteiger partial charge in [0.2, 0.25) is 0 Å². The molecule has 1 atom stereocenters. The van der Waals surface area contributed by atoms with Crippen molar-refractivity contribution >= 4 is 5.78 Å². The average Bonchev–Trinajstić information content (AvgIpc) is 2.59. The number of ether oxygens (including phenoxy) is 2. The van der Waals surface area contributed by atoms with Gasteiger partial charge in [0.05, 0.1) is 0 Å². The summed E-state index contributed by atoms with van der Waals surface area (Å²) in [4.78, 5) is 11.8. The maximum Gasteiger partial charge on any atom is 0.163 e. The summed E-state index contributed by atoms with van der Waals surface area (Å²) in [7, 11) is 0. The third-order valence-corrected chi connectivity index (χ3v) is 3.93. The first-order valence-electron chi connectivity index (χ1n) is 7.97. The molecule has 0 radical (unpaired) electrons. The summed E-state index contributed by atoms with van der Waals surface area (Å²) < 4.78 is 23.7. The number of ketones is 1. The lowest BCUT2D eigenvalue weighted by atomic mass is 9.90. The van der Waals surface area contributed by atoms with E-state index >= 15 is 0 Å². The number of aliphatic hydroxyl groups is 1. The van der Waals surface area contributed by atoms with Gasteiger partial charge in [-0.2, -0.15) is 0 Å². The number of rotatable bonds is 6. The molecule has 1 unspecified atom stereocenters. The van der Waals surface area contributed by atoms with Gasteiger partial charge in [-0.15, -0.1) is 0 Å². The molecule has 0 saturated heterocycles. The standard InChI is InChI=1S/C19H19FO4/c20-14-4-6-16(7-5-14)23-11-15(21)12-24-17-8-9-18-13(10-17)2-1-3-19(18)22/h4-10,15,21H,1-3,11-12H2. The largest absolute Gasteiger partial charge is 0.491 e. The minimum atomic E-state index is -0.812. The van der Waals surface area contributed by atoms with Crippen molar-refractivity contribution in [3.63, 3.8) is 0 Å². The van der Waals surface area contributed by atoms with E-state index in [1.54, 1.807) is 12.1 Å². The summed E-state index contributed by atoms with van der Waals surface area (Å²) in [5.41, 5.74) is 1.77. The molecular formula is C19H19FO4. The lowest BCUT2D eigenvalue weighted by molar-refractivity contribution is 0.0625. The Morgan fingerprint density at radius 1 is 1.00 bits per heavy atom. The van der Waals surface area contributed by atoms with Crippen LogP contribution in [0.5, 0.6) is 11.5 Å². The van der Waals surface area contributed by atoms with Crippen LogP contribution in [0, 0.1) is 5.82 Å². The quantitative estimate of drug-likeness (QED) is 0.884. The van der Waals surface area contributed by atoms with E-state index in [0.717, 1.165) is 24.0 Å². The number of benzene rings is 2. The second-order valence-corrected chi connectivity index (χ2v) is 5.83. The molecule has 1 N–H and O–H groups in total. The SMILES string of the molecule is O=C1CCCc2cc(OCC(O)COc3ccc(F)cc3)ccc21. The molecule has 4 nitrogen and oxygen atoms in total. The van der Waals surface area contributed by atoms with Crippen LogP contribution >= 0.6 is 0 Å². The second-order valence-electron chi connectivity index (χ2n) is 5.83. The molecule has 0 heterocycles. The average molecular weight is 330 g/mol. The number of aliphatic hydroxyl groups excluding tert-OH is 1. The molecule has 5 heteroatoms. The summed E-state index contributed by atoms with van der Waals surface area (Å²) in [6.07, 6.45) is 1.53. The number of fused-ring (bicyclic) bond motifs is 1. The highest BCUT2D eigenvalue weighted by Crippen LogP contribution is 2.25. The Morgan fingerprint density at radius 3 is 2.42 bits per heavy atom. The topological polar surface area (TPSA) is 55.8 Å². The Morgan fingerprint density at radius 2 is 1.67 bits per heavy atom. The first kappa shape index (κ1) is 16.5. The molecule has 0 saturated carbocycles. The fraction of sp³-hybridized carbons (Fsp3) is 0.316. The number of hydrogen-bond donors (Lipinski definition) is 1. The molecule has 0 aromatic heterocycles. The highest BCUT2D eigenvalue weighted by molar-refractivity contribution is 5.98. The monoisotopic (exact) mass is 330 g/mol. The fourth-order valence-electron chi connectivity index (χ4n) is 2.68. The Kier molecular flexibility index (Phi) is 5.11. The Hall–Kier alpha value is -2.40. The molecule has 0 bridgehead atoms. The van der Waals surface area contributed by atoms with E-state index in [9.17, 15) is 14.3 Å². The van der Waals surface area contributed by atoms with Crippen molar-refractivity contribution < 1.29 is 23.8 Å². The van der Waals surface area contributed by atoms with E-state index in [-0.39, 0.29) is 24.8 Å². The van der Waals surface area contributed by atoms with Crippen LogP contribution in [0.15, 0.2) is 42.5 Å². The number of aryl methyl sites for hydroxylation is 1. The van der Waals surface area contributed by atoms with Gasteiger partial charge in [0, 0.05) is 12.0 Å². The van der Waals surface area contributed by atoms with Crippen molar-refractivity contribution in [2.75, 3.05) is 13.2 Å². The molecule has 1 aliphatic rings. The zero-order valence-electron chi connectivity index (χ0n) is 13.2. The number of halogens is 1. The third kappa shape index (κ3) is 4.11. The number of carbonyl (C=O) groups excluding carboxylic acids is 1. The minimum Gasteiger partial charge on any atom is -0.491 e. The molecule has 126 valence electrons. The van der Waals surface area contributed by atoms with Crippen molar-refractivity contribution in [1.82, 2.24) is 0 Å². The number of hydrogen-bond acceptors (Lipinski definition) is 4. The van der Waals surface area contributed by atoms with Crippen LogP contribution in [0.1, 0.15) is 28.8 Å². The molecular weight excluding hydrogens is 311 g/mol. The van der Waals surface area contributed by atoms with Crippen molar-refractivity contribution in [2.45, 2.75) is 25.4 Å². The molecule has 24 heavy (non-hydrogen) atoms. The third-order valence-electron chi connectivity index (χ3n) is 3.93. The first-order valence-corrected chi connectivity index (χ1v) is 7.97. The summed E-state index contributed by atoms with van der Waals surface area (Å²) in [5, 5.41) is 9.93. The van der Waals surface area contributed by atoms with E-state index in [1.165, 1.54) is 24.3 Å². The van der Waals surface area contributed by atoms with Gasteiger partial charge in [0.15, 0.2) is 5.78 Å². The van der Waals surface area contributed by atoms with Gasteiger partial charge in [0.25, 0.3) is 0 Å². The van der Waals surface area contributed by atoms with Crippen LogP contribution in [0.4, 0.5) is 4.39 Å². The highest BCUT2D eigenvalue weighted by atomic mass is 19.1. The Bertz CT molecular complexity index is 712. The maximum atomic E-state index is 12.8. The van der Waals surface area contributed by atoms with E-state index < -0.39 is 6.10 Å². The van der Waals surface area contributed by atoms with Crippen molar-refractivity contribution in [2.24, 2.45) is 0 Å². The number of Topliss-reactive ketones (excluding diaryl/α,β-unsaturated/α-hetero) is 1. The van der Waals surface area contributed by atoms with Gasteiger partial charge in [-0.1, -0.05) is 0 Å². The van der Waals surface area contributed by atoms with Gasteiger partial charge in [-0.05, 0) is 60.9 Å². The minimum absolute atomic E-state index is 0.0507. The molecule has 0 fully saturated rings. The van der Waals surface area contributed by atoms with Crippen LogP contribution in [0.3, 0.4) is 0 Å². The van der Waals surface area contributed by atoms with Crippen LogP contribution in [-0.2, 0) is 6.42 Å². The molecule has 3 rings (SSSR count). The normalized spacial score (nSPS) is 14.8.